The van der Waals surface area contributed by atoms with Crippen LogP contribution in [0.1, 0.15) is 77.6 Å². The van der Waals surface area contributed by atoms with Crippen LogP contribution < -0.4 is 16.2 Å². The number of furan rings is 2. The average Bonchev–Trinajstić information content (AvgIpc) is 3.98. The van der Waals surface area contributed by atoms with Gasteiger partial charge in [-0.3, -0.25) is 0 Å². The van der Waals surface area contributed by atoms with Gasteiger partial charge < -0.3 is 18.7 Å². The summed E-state index contributed by atoms with van der Waals surface area (Å²) in [6, 6.07) is 51.8. The monoisotopic (exact) mass is 827 g/mol. The first-order chi connectivity index (χ1) is 30.7. The maximum absolute atomic E-state index is 6.68. The fourth-order valence-electron chi connectivity index (χ4n) is 11.0. The van der Waals surface area contributed by atoms with E-state index < -0.39 is 0 Å². The van der Waals surface area contributed by atoms with Crippen LogP contribution in [-0.2, 0) is 16.2 Å². The topological polar surface area (TPSA) is 43.2 Å². The third-order valence-corrected chi connectivity index (χ3v) is 14.5. The molecule has 5 heteroatoms. The van der Waals surface area contributed by atoms with Gasteiger partial charge in [-0.05, 0) is 104 Å². The molecule has 13 rings (SSSR count). The second-order valence-corrected chi connectivity index (χ2v) is 20.9. The first-order valence-electron chi connectivity index (χ1n) is 22.7. The molecule has 1 N–H and O–H groups in total. The molecule has 1 aliphatic heterocycles. The van der Waals surface area contributed by atoms with E-state index in [1.54, 1.807) is 0 Å². The van der Waals surface area contributed by atoms with Crippen molar-refractivity contribution in [2.24, 2.45) is 0 Å². The summed E-state index contributed by atoms with van der Waals surface area (Å²) in [7, 11) is 2.46. The fourth-order valence-corrected chi connectivity index (χ4v) is 11.0. The highest BCUT2D eigenvalue weighted by molar-refractivity contribution is 6.73. The van der Waals surface area contributed by atoms with Crippen molar-refractivity contribution in [2.45, 2.75) is 71.6 Å². The van der Waals surface area contributed by atoms with E-state index in [4.69, 9.17) is 8.83 Å². The van der Waals surface area contributed by atoms with Crippen molar-refractivity contribution in [1.29, 1.82) is 0 Å². The Morgan fingerprint density at radius 2 is 1.19 bits per heavy atom. The SMILES string of the molecule is CC(C)(C)c1ccc(Nc2cc3oc4ccc(C(C)(C)C)cc4c3cc2-c2ccc3c4cc5c(cc4n4c3c2[B]c2cc3c(cc2-4)C(C)(C)c2ccccc2-3)oc2ccccc25)cc1. The standard InChI is InChI=1S/C59H48BN2O2/c1-57(2,3)32-17-20-34(21-18-32)61-48-30-53-44(42-25-33(58(4,5)6)19-24-52(42)64-53)26-40(48)37-22-23-38-41-27-43-36-14-10-12-16-51(36)63-54(43)31-49(41)62-50-29-46-39(28-47(50)60-55(37)56(38)62)35-13-9-11-15-45(35)59(46,7)8/h9-31,61H,1-8H3. The quantitative estimate of drug-likeness (QED) is 0.180. The minimum atomic E-state index is -0.140. The minimum Gasteiger partial charge on any atom is -0.456 e. The summed E-state index contributed by atoms with van der Waals surface area (Å²) in [5.74, 6) is 0. The summed E-state index contributed by atoms with van der Waals surface area (Å²) in [6.45, 7) is 18.3. The molecule has 1 radical (unpaired) electrons. The minimum absolute atomic E-state index is 0.00444. The Bertz CT molecular complexity index is 3820. The Hall–Kier alpha value is -6.98. The molecular formula is C59H48BN2O2. The van der Waals surface area contributed by atoms with Crippen molar-refractivity contribution in [1.82, 2.24) is 4.57 Å². The summed E-state index contributed by atoms with van der Waals surface area (Å²) in [5.41, 5.74) is 21.7. The fraction of sp³-hybridized carbons (Fsp3) is 0.186. The van der Waals surface area contributed by atoms with Gasteiger partial charge >= 0.3 is 0 Å². The largest absolute Gasteiger partial charge is 0.456 e. The predicted molar refractivity (Wildman–Crippen MR) is 270 cm³/mol. The predicted octanol–water partition coefficient (Wildman–Crippen LogP) is 14.9. The lowest BCUT2D eigenvalue weighted by molar-refractivity contribution is 0.590. The lowest BCUT2D eigenvalue weighted by Gasteiger charge is -2.27. The third kappa shape index (κ3) is 5.24. The molecule has 2 aliphatic rings. The number of fused-ring (bicyclic) bond motifs is 14. The molecule has 0 bridgehead atoms. The van der Waals surface area contributed by atoms with Crippen LogP contribution in [0.25, 0.3) is 93.6 Å². The molecule has 0 atom stereocenters. The second-order valence-electron chi connectivity index (χ2n) is 20.9. The highest BCUT2D eigenvalue weighted by atomic mass is 16.3. The number of nitrogens with zero attached hydrogens (tertiary/aromatic N) is 1. The van der Waals surface area contributed by atoms with Gasteiger partial charge in [0.2, 0.25) is 0 Å². The number of hydrogen-bond acceptors (Lipinski definition) is 3. The number of para-hydroxylation sites is 1. The summed E-state index contributed by atoms with van der Waals surface area (Å²) in [4.78, 5) is 0. The molecule has 11 aromatic rings. The Morgan fingerprint density at radius 1 is 0.500 bits per heavy atom. The van der Waals surface area contributed by atoms with Crippen LogP contribution in [0.2, 0.25) is 0 Å². The van der Waals surface area contributed by atoms with E-state index in [9.17, 15) is 0 Å². The molecule has 4 nitrogen and oxygen atoms in total. The van der Waals surface area contributed by atoms with E-state index in [0.717, 1.165) is 71.9 Å². The van der Waals surface area contributed by atoms with Crippen LogP contribution in [0.5, 0.6) is 0 Å². The normalized spacial score (nSPS) is 14.2. The van der Waals surface area contributed by atoms with E-state index in [1.165, 1.54) is 66.3 Å². The zero-order valence-corrected chi connectivity index (χ0v) is 37.6. The van der Waals surface area contributed by atoms with E-state index >= 15 is 0 Å². The summed E-state index contributed by atoms with van der Waals surface area (Å²) < 4.78 is 15.8. The van der Waals surface area contributed by atoms with Gasteiger partial charge in [-0.25, -0.2) is 0 Å². The number of aromatic nitrogens is 1. The lowest BCUT2D eigenvalue weighted by Crippen LogP contribution is -2.37. The third-order valence-electron chi connectivity index (χ3n) is 14.5. The summed E-state index contributed by atoms with van der Waals surface area (Å²) >= 11 is 0. The Kier molecular flexibility index (Phi) is 7.40. The number of anilines is 2. The molecule has 309 valence electrons. The molecule has 0 amide bonds. The molecule has 1 aliphatic carbocycles. The molecule has 0 saturated carbocycles. The van der Waals surface area contributed by atoms with Crippen LogP contribution in [-0.4, -0.2) is 11.8 Å². The maximum atomic E-state index is 6.68. The van der Waals surface area contributed by atoms with E-state index in [2.05, 4.69) is 212 Å². The van der Waals surface area contributed by atoms with Gasteiger partial charge in [0, 0.05) is 72.3 Å². The molecule has 0 saturated heterocycles. The molecule has 0 spiro atoms. The highest BCUT2D eigenvalue weighted by Gasteiger charge is 2.38. The zero-order chi connectivity index (χ0) is 43.6. The molecule has 3 aromatic heterocycles. The Labute approximate surface area is 373 Å². The van der Waals surface area contributed by atoms with Crippen molar-refractivity contribution in [3.63, 3.8) is 0 Å². The van der Waals surface area contributed by atoms with Crippen LogP contribution >= 0.6 is 0 Å². The van der Waals surface area contributed by atoms with Gasteiger partial charge in [0.1, 0.15) is 22.3 Å². The number of hydrogen-bond donors (Lipinski definition) is 1. The summed E-state index contributed by atoms with van der Waals surface area (Å²) in [6.07, 6.45) is 0. The molecule has 0 fully saturated rings. The number of nitrogens with one attached hydrogen (secondary N) is 1. The molecule has 8 aromatic carbocycles. The van der Waals surface area contributed by atoms with E-state index in [0.29, 0.717) is 0 Å². The van der Waals surface area contributed by atoms with Gasteiger partial charge in [-0.15, -0.1) is 0 Å². The van der Waals surface area contributed by atoms with Gasteiger partial charge in [0.05, 0.1) is 11.2 Å². The van der Waals surface area contributed by atoms with E-state index in [1.807, 2.05) is 0 Å². The Morgan fingerprint density at radius 3 is 1.98 bits per heavy atom. The second kappa shape index (κ2) is 12.6. The van der Waals surface area contributed by atoms with Crippen LogP contribution in [0.4, 0.5) is 11.4 Å². The summed E-state index contributed by atoms with van der Waals surface area (Å²) in [5, 5.41) is 10.9. The number of benzene rings is 8. The van der Waals surface area contributed by atoms with Crippen LogP contribution in [0, 0.1) is 0 Å². The highest BCUT2D eigenvalue weighted by Crippen LogP contribution is 2.50. The van der Waals surface area contributed by atoms with Crippen molar-refractivity contribution in [3.05, 3.63) is 162 Å². The first-order valence-corrected chi connectivity index (χ1v) is 22.7. The van der Waals surface area contributed by atoms with E-state index in [-0.39, 0.29) is 16.2 Å². The van der Waals surface area contributed by atoms with Gasteiger partial charge in [-0.1, -0.05) is 140 Å². The van der Waals surface area contributed by atoms with Crippen LogP contribution in [0.15, 0.2) is 148 Å². The van der Waals surface area contributed by atoms with Crippen molar-refractivity contribution in [3.8, 4) is 27.9 Å². The molecule has 4 heterocycles. The average molecular weight is 828 g/mol. The van der Waals surface area contributed by atoms with Gasteiger partial charge in [-0.2, -0.15) is 0 Å². The smallest absolute Gasteiger partial charge is 0.197 e. The first kappa shape index (κ1) is 37.6. The molecular weight excluding hydrogens is 779 g/mol. The molecule has 0 unspecified atom stereocenters. The van der Waals surface area contributed by atoms with Gasteiger partial charge in [0.15, 0.2) is 7.28 Å². The van der Waals surface area contributed by atoms with Crippen molar-refractivity contribution >= 4 is 95.3 Å². The molecule has 64 heavy (non-hydrogen) atoms. The van der Waals surface area contributed by atoms with Crippen molar-refractivity contribution in [2.75, 3.05) is 5.32 Å². The lowest BCUT2D eigenvalue weighted by atomic mass is 9.58. The van der Waals surface area contributed by atoms with Crippen molar-refractivity contribution < 1.29 is 8.83 Å². The number of rotatable bonds is 3. The zero-order valence-electron chi connectivity index (χ0n) is 37.6. The van der Waals surface area contributed by atoms with Crippen LogP contribution in [0.3, 0.4) is 0 Å². The van der Waals surface area contributed by atoms with Gasteiger partial charge in [0.25, 0.3) is 0 Å². The Balaban J connectivity index is 1.11. The maximum Gasteiger partial charge on any atom is 0.197 e.